The Bertz CT molecular complexity index is 1400. The van der Waals surface area contributed by atoms with Crippen LogP contribution < -0.4 is 9.62 Å². The molecular formula is C25H27N3O5S2. The van der Waals surface area contributed by atoms with E-state index in [0.29, 0.717) is 24.5 Å². The maximum absolute atomic E-state index is 12.9. The van der Waals surface area contributed by atoms with Gasteiger partial charge in [0.25, 0.3) is 15.9 Å². The molecule has 8 nitrogen and oxygen atoms in total. The summed E-state index contributed by atoms with van der Waals surface area (Å²) < 4.78 is 54.4. The molecule has 35 heavy (non-hydrogen) atoms. The van der Waals surface area contributed by atoms with Gasteiger partial charge in [-0.25, -0.2) is 16.8 Å². The predicted octanol–water partition coefficient (Wildman–Crippen LogP) is 3.94. The average Bonchev–Trinajstić information content (AvgIpc) is 2.89. The number of carbonyl (C=O) groups excluding carboxylic acids is 1. The van der Waals surface area contributed by atoms with E-state index < -0.39 is 26.0 Å². The molecule has 1 heterocycles. The van der Waals surface area contributed by atoms with Crippen LogP contribution in [0.4, 0.5) is 11.4 Å². The number of nitrogens with zero attached hydrogens (tertiary/aromatic N) is 2. The molecule has 0 aromatic heterocycles. The number of para-hydroxylation sites is 1. The van der Waals surface area contributed by atoms with E-state index in [1.807, 2.05) is 0 Å². The molecule has 10 heteroatoms. The third-order valence-corrected chi connectivity index (χ3v) is 9.63. The zero-order valence-electron chi connectivity index (χ0n) is 19.3. The van der Waals surface area contributed by atoms with Crippen molar-refractivity contribution in [3.05, 3.63) is 84.4 Å². The molecule has 3 aromatic carbocycles. The molecule has 0 spiro atoms. The molecule has 0 bridgehead atoms. The van der Waals surface area contributed by atoms with Gasteiger partial charge in [0.15, 0.2) is 0 Å². The molecule has 1 amide bonds. The second kappa shape index (κ2) is 10.2. The molecule has 0 saturated carbocycles. The molecule has 1 saturated heterocycles. The summed E-state index contributed by atoms with van der Waals surface area (Å²) in [7, 11) is -5.95. The van der Waals surface area contributed by atoms with Gasteiger partial charge in [-0.1, -0.05) is 30.7 Å². The number of amides is 1. The Kier molecular flexibility index (Phi) is 7.25. The molecule has 3 aromatic rings. The number of carbonyl (C=O) groups is 1. The SMILES string of the molecule is CN(c1ccccc1)S(=O)(=O)c1ccc(C(=O)Nc2cccc(S(=O)(=O)N3CCCCC3)c2)cc1. The molecule has 0 aliphatic carbocycles. The van der Waals surface area contributed by atoms with E-state index in [2.05, 4.69) is 5.32 Å². The Morgan fingerprint density at radius 3 is 2.11 bits per heavy atom. The van der Waals surface area contributed by atoms with E-state index >= 15 is 0 Å². The van der Waals surface area contributed by atoms with E-state index in [-0.39, 0.29) is 15.4 Å². The summed E-state index contributed by atoms with van der Waals surface area (Å²) in [6.45, 7) is 0.987. The van der Waals surface area contributed by atoms with Crippen molar-refractivity contribution in [3.63, 3.8) is 0 Å². The highest BCUT2D eigenvalue weighted by molar-refractivity contribution is 7.92. The van der Waals surface area contributed by atoms with Crippen molar-refractivity contribution in [3.8, 4) is 0 Å². The van der Waals surface area contributed by atoms with Gasteiger partial charge in [-0.15, -0.1) is 0 Å². The van der Waals surface area contributed by atoms with Crippen LogP contribution in [0.1, 0.15) is 29.6 Å². The van der Waals surface area contributed by atoms with E-state index in [4.69, 9.17) is 0 Å². The lowest BCUT2D eigenvalue weighted by atomic mass is 10.2. The Balaban J connectivity index is 1.49. The van der Waals surface area contributed by atoms with Gasteiger partial charge in [-0.2, -0.15) is 4.31 Å². The highest BCUT2D eigenvalue weighted by atomic mass is 32.2. The number of hydrogen-bond acceptors (Lipinski definition) is 5. The lowest BCUT2D eigenvalue weighted by molar-refractivity contribution is 0.102. The van der Waals surface area contributed by atoms with Crippen molar-refractivity contribution < 1.29 is 21.6 Å². The maximum atomic E-state index is 12.9. The van der Waals surface area contributed by atoms with Gasteiger partial charge in [-0.05, 0) is 67.4 Å². The zero-order chi connectivity index (χ0) is 25.1. The molecule has 1 aliphatic rings. The minimum atomic E-state index is -3.80. The lowest BCUT2D eigenvalue weighted by Crippen LogP contribution is -2.35. The van der Waals surface area contributed by atoms with Gasteiger partial charge < -0.3 is 5.32 Å². The number of hydrogen-bond donors (Lipinski definition) is 1. The summed E-state index contributed by atoms with van der Waals surface area (Å²) in [6, 6.07) is 20.4. The number of rotatable bonds is 7. The summed E-state index contributed by atoms with van der Waals surface area (Å²) in [5.74, 6) is -0.474. The molecule has 0 atom stereocenters. The van der Waals surface area contributed by atoms with Gasteiger partial charge in [0.05, 0.1) is 15.5 Å². The summed E-state index contributed by atoms with van der Waals surface area (Å²) in [5, 5.41) is 2.70. The molecular weight excluding hydrogens is 486 g/mol. The van der Waals surface area contributed by atoms with Crippen LogP contribution in [0.25, 0.3) is 0 Å². The summed E-state index contributed by atoms with van der Waals surface area (Å²) in [4.78, 5) is 12.9. The topological polar surface area (TPSA) is 104 Å². The van der Waals surface area contributed by atoms with Crippen molar-refractivity contribution in [1.82, 2.24) is 4.31 Å². The van der Waals surface area contributed by atoms with Gasteiger partial charge >= 0.3 is 0 Å². The Morgan fingerprint density at radius 2 is 1.46 bits per heavy atom. The normalized spacial score (nSPS) is 14.9. The minimum absolute atomic E-state index is 0.0509. The van der Waals surface area contributed by atoms with Crippen LogP contribution in [-0.4, -0.2) is 47.2 Å². The van der Waals surface area contributed by atoms with Gasteiger partial charge in [-0.3, -0.25) is 9.10 Å². The smallest absolute Gasteiger partial charge is 0.264 e. The minimum Gasteiger partial charge on any atom is -0.322 e. The van der Waals surface area contributed by atoms with Gasteiger partial charge in [0, 0.05) is 31.4 Å². The first-order chi connectivity index (χ1) is 16.7. The number of anilines is 2. The van der Waals surface area contributed by atoms with E-state index in [1.165, 1.54) is 52.1 Å². The van der Waals surface area contributed by atoms with Crippen molar-refractivity contribution in [2.75, 3.05) is 29.8 Å². The average molecular weight is 514 g/mol. The van der Waals surface area contributed by atoms with Crippen LogP contribution in [0.2, 0.25) is 0 Å². The first kappa shape index (κ1) is 24.9. The Hall–Kier alpha value is -3.21. The van der Waals surface area contributed by atoms with E-state index in [0.717, 1.165) is 19.3 Å². The Morgan fingerprint density at radius 1 is 0.800 bits per heavy atom. The third kappa shape index (κ3) is 5.39. The molecule has 1 aliphatic heterocycles. The standard InChI is InChI=1S/C25H27N3O5S2/c1-27(22-10-4-2-5-11-22)34(30,31)23-15-13-20(14-16-23)25(29)26-21-9-8-12-24(19-21)35(32,33)28-17-6-3-7-18-28/h2,4-5,8-16,19H,3,6-7,17-18H2,1H3,(H,26,29). The van der Waals surface area contributed by atoms with Gasteiger partial charge in [0.1, 0.15) is 0 Å². The van der Waals surface area contributed by atoms with Crippen LogP contribution >= 0.6 is 0 Å². The highest BCUT2D eigenvalue weighted by Gasteiger charge is 2.26. The molecule has 4 rings (SSSR count). The number of nitrogens with one attached hydrogen (secondary N) is 1. The highest BCUT2D eigenvalue weighted by Crippen LogP contribution is 2.24. The monoisotopic (exact) mass is 513 g/mol. The third-order valence-electron chi connectivity index (χ3n) is 5.94. The predicted molar refractivity (Wildman–Crippen MR) is 135 cm³/mol. The van der Waals surface area contributed by atoms with Crippen LogP contribution in [0.3, 0.4) is 0 Å². The second-order valence-electron chi connectivity index (χ2n) is 8.28. The van der Waals surface area contributed by atoms with Gasteiger partial charge in [0.2, 0.25) is 10.0 Å². The zero-order valence-corrected chi connectivity index (χ0v) is 20.9. The second-order valence-corrected chi connectivity index (χ2v) is 12.2. The first-order valence-electron chi connectivity index (χ1n) is 11.3. The molecule has 1 N–H and O–H groups in total. The lowest BCUT2D eigenvalue weighted by Gasteiger charge is -2.26. The van der Waals surface area contributed by atoms with Crippen LogP contribution in [0, 0.1) is 0 Å². The molecule has 0 unspecified atom stereocenters. The van der Waals surface area contributed by atoms with Crippen molar-refractivity contribution in [2.24, 2.45) is 0 Å². The molecule has 0 radical (unpaired) electrons. The van der Waals surface area contributed by atoms with Crippen molar-refractivity contribution >= 4 is 37.3 Å². The number of benzene rings is 3. The van der Waals surface area contributed by atoms with E-state index in [1.54, 1.807) is 42.5 Å². The summed E-state index contributed by atoms with van der Waals surface area (Å²) >= 11 is 0. The van der Waals surface area contributed by atoms with Crippen LogP contribution in [-0.2, 0) is 20.0 Å². The van der Waals surface area contributed by atoms with Crippen LogP contribution in [0.5, 0.6) is 0 Å². The molecule has 1 fully saturated rings. The fourth-order valence-corrected chi connectivity index (χ4v) is 6.66. The molecule has 184 valence electrons. The number of sulfonamides is 2. The number of piperidine rings is 1. The summed E-state index contributed by atoms with van der Waals surface area (Å²) in [6.07, 6.45) is 2.69. The summed E-state index contributed by atoms with van der Waals surface area (Å²) in [5.41, 5.74) is 1.11. The quantitative estimate of drug-likeness (QED) is 0.515. The maximum Gasteiger partial charge on any atom is 0.264 e. The van der Waals surface area contributed by atoms with E-state index in [9.17, 15) is 21.6 Å². The fourth-order valence-electron chi connectivity index (χ4n) is 3.90. The Labute approximate surface area is 206 Å². The van der Waals surface area contributed by atoms with Crippen LogP contribution in [0.15, 0.2) is 88.7 Å². The largest absolute Gasteiger partial charge is 0.322 e. The van der Waals surface area contributed by atoms with Crippen molar-refractivity contribution in [2.45, 2.75) is 29.1 Å². The fraction of sp³-hybridized carbons (Fsp3) is 0.240. The first-order valence-corrected chi connectivity index (χ1v) is 14.1. The van der Waals surface area contributed by atoms with Crippen molar-refractivity contribution in [1.29, 1.82) is 0 Å².